The van der Waals surface area contributed by atoms with Crippen LogP contribution in [-0.4, -0.2) is 54.5 Å². The van der Waals surface area contributed by atoms with Crippen LogP contribution in [0.4, 0.5) is 11.4 Å². The fourth-order valence-corrected chi connectivity index (χ4v) is 4.09. The quantitative estimate of drug-likeness (QED) is 0.425. The lowest BCUT2D eigenvalue weighted by Gasteiger charge is -2.30. The van der Waals surface area contributed by atoms with Gasteiger partial charge in [-0.2, -0.15) is 0 Å². The molecule has 29 heavy (non-hydrogen) atoms. The van der Waals surface area contributed by atoms with E-state index in [1.54, 1.807) is 17.0 Å². The molecule has 3 rings (SSSR count). The molecule has 8 heteroatoms. The number of nitro benzene ring substituents is 1. The molecule has 1 atom stereocenters. The molecule has 0 bridgehead atoms. The van der Waals surface area contributed by atoms with Gasteiger partial charge < -0.3 is 14.5 Å². The van der Waals surface area contributed by atoms with E-state index in [2.05, 4.69) is 6.92 Å². The summed E-state index contributed by atoms with van der Waals surface area (Å²) >= 11 is 0. The summed E-state index contributed by atoms with van der Waals surface area (Å²) in [4.78, 5) is 39.5. The molecule has 158 valence electrons. The molecular formula is C21H29N3O5. The van der Waals surface area contributed by atoms with Gasteiger partial charge in [0.05, 0.1) is 10.5 Å². The second kappa shape index (κ2) is 9.71. The first-order valence-corrected chi connectivity index (χ1v) is 10.4. The highest BCUT2D eigenvalue weighted by molar-refractivity contribution is 5.93. The smallest absolute Gasteiger partial charge is 0.338 e. The third kappa shape index (κ3) is 5.46. The minimum atomic E-state index is -0.714. The number of nitrogens with zero attached hydrogens (tertiary/aromatic N) is 3. The highest BCUT2D eigenvalue weighted by atomic mass is 16.6. The number of benzene rings is 1. The summed E-state index contributed by atoms with van der Waals surface area (Å²) in [5.41, 5.74) is 0.527. The van der Waals surface area contributed by atoms with E-state index in [1.165, 1.54) is 6.07 Å². The molecule has 1 aromatic rings. The summed E-state index contributed by atoms with van der Waals surface area (Å²) < 4.78 is 5.15. The van der Waals surface area contributed by atoms with E-state index in [0.717, 1.165) is 51.6 Å². The molecule has 2 saturated heterocycles. The lowest BCUT2D eigenvalue weighted by atomic mass is 10.0. The Morgan fingerprint density at radius 1 is 1.14 bits per heavy atom. The number of likely N-dealkylation sites (tertiary alicyclic amines) is 1. The summed E-state index contributed by atoms with van der Waals surface area (Å²) in [6, 6.07) is 4.42. The number of piperidine rings is 1. The van der Waals surface area contributed by atoms with Crippen molar-refractivity contribution in [3.8, 4) is 0 Å². The van der Waals surface area contributed by atoms with Crippen molar-refractivity contribution in [3.05, 3.63) is 33.9 Å². The van der Waals surface area contributed by atoms with E-state index in [4.69, 9.17) is 4.74 Å². The summed E-state index contributed by atoms with van der Waals surface area (Å²) in [5, 5.41) is 11.6. The van der Waals surface area contributed by atoms with Gasteiger partial charge in [0.15, 0.2) is 6.61 Å². The summed E-state index contributed by atoms with van der Waals surface area (Å²) in [5.74, 6) is -0.493. The van der Waals surface area contributed by atoms with Gasteiger partial charge in [-0.25, -0.2) is 4.79 Å². The van der Waals surface area contributed by atoms with Crippen LogP contribution in [0.2, 0.25) is 0 Å². The van der Waals surface area contributed by atoms with Crippen molar-refractivity contribution in [3.63, 3.8) is 0 Å². The van der Waals surface area contributed by atoms with Crippen molar-refractivity contribution < 1.29 is 19.2 Å². The normalized spacial score (nSPS) is 20.1. The maximum atomic E-state index is 12.4. The molecular weight excluding hydrogens is 374 g/mol. The Morgan fingerprint density at radius 2 is 1.86 bits per heavy atom. The van der Waals surface area contributed by atoms with Crippen molar-refractivity contribution in [2.45, 2.75) is 45.4 Å². The standard InChI is InChI=1S/C21H29N3O5/c1-16-7-6-12-23(14-16)20(25)15-29-21(26)17-8-9-18(19(13-17)24(27)28)22-10-4-2-3-5-11-22/h8-9,13,16H,2-7,10-12,14-15H2,1H3/t16-/m1/s1. The van der Waals surface area contributed by atoms with E-state index in [1.807, 2.05) is 4.90 Å². The highest BCUT2D eigenvalue weighted by Gasteiger charge is 2.25. The first-order valence-electron chi connectivity index (χ1n) is 10.4. The number of ether oxygens (including phenoxy) is 1. The number of amides is 1. The van der Waals surface area contributed by atoms with Crippen LogP contribution in [0.3, 0.4) is 0 Å². The number of anilines is 1. The summed E-state index contributed by atoms with van der Waals surface area (Å²) in [6.45, 7) is 4.65. The maximum absolute atomic E-state index is 12.4. The van der Waals surface area contributed by atoms with Crippen molar-refractivity contribution in [2.24, 2.45) is 5.92 Å². The maximum Gasteiger partial charge on any atom is 0.338 e. The topological polar surface area (TPSA) is 93.0 Å². The number of hydrogen-bond donors (Lipinski definition) is 0. The molecule has 0 N–H and O–H groups in total. The number of esters is 1. The Hall–Kier alpha value is -2.64. The van der Waals surface area contributed by atoms with Crippen molar-refractivity contribution in [2.75, 3.05) is 37.7 Å². The second-order valence-electron chi connectivity index (χ2n) is 8.03. The van der Waals surface area contributed by atoms with Gasteiger partial charge >= 0.3 is 5.97 Å². The zero-order chi connectivity index (χ0) is 20.8. The molecule has 0 saturated carbocycles. The van der Waals surface area contributed by atoms with Gasteiger partial charge in [-0.05, 0) is 43.7 Å². The average molecular weight is 403 g/mol. The molecule has 0 spiro atoms. The number of carbonyl (C=O) groups excluding carboxylic acids is 2. The van der Waals surface area contributed by atoms with Crippen molar-refractivity contribution in [1.29, 1.82) is 0 Å². The Bertz CT molecular complexity index is 759. The van der Waals surface area contributed by atoms with Gasteiger partial charge in [0, 0.05) is 32.2 Å². The van der Waals surface area contributed by atoms with Crippen LogP contribution in [0.1, 0.15) is 55.8 Å². The van der Waals surface area contributed by atoms with E-state index < -0.39 is 10.9 Å². The summed E-state index contributed by atoms with van der Waals surface area (Å²) in [6.07, 6.45) is 6.29. The zero-order valence-electron chi connectivity index (χ0n) is 17.0. The molecule has 2 fully saturated rings. The molecule has 1 amide bonds. The Labute approximate surface area is 171 Å². The molecule has 0 radical (unpaired) electrons. The van der Waals surface area contributed by atoms with E-state index in [9.17, 15) is 19.7 Å². The van der Waals surface area contributed by atoms with Crippen LogP contribution in [-0.2, 0) is 9.53 Å². The Kier molecular flexibility index (Phi) is 7.06. The van der Waals surface area contributed by atoms with Gasteiger partial charge in [-0.1, -0.05) is 19.8 Å². The first kappa shape index (κ1) is 21.1. The molecule has 2 heterocycles. The molecule has 0 unspecified atom stereocenters. The van der Waals surface area contributed by atoms with E-state index in [-0.39, 0.29) is 23.8 Å². The van der Waals surface area contributed by atoms with Crippen LogP contribution in [0.25, 0.3) is 0 Å². The number of rotatable bonds is 5. The summed E-state index contributed by atoms with van der Waals surface area (Å²) in [7, 11) is 0. The lowest BCUT2D eigenvalue weighted by Crippen LogP contribution is -2.41. The van der Waals surface area contributed by atoms with Gasteiger partial charge in [0.1, 0.15) is 5.69 Å². The fraction of sp³-hybridized carbons (Fsp3) is 0.619. The van der Waals surface area contributed by atoms with E-state index in [0.29, 0.717) is 24.7 Å². The predicted octanol–water partition coefficient (Wildman–Crippen LogP) is 3.39. The second-order valence-corrected chi connectivity index (χ2v) is 8.03. The van der Waals surface area contributed by atoms with E-state index >= 15 is 0 Å². The zero-order valence-corrected chi connectivity index (χ0v) is 17.0. The van der Waals surface area contributed by atoms with Crippen LogP contribution in [0.5, 0.6) is 0 Å². The molecule has 8 nitrogen and oxygen atoms in total. The molecule has 2 aliphatic heterocycles. The molecule has 0 aromatic heterocycles. The number of nitro groups is 1. The Morgan fingerprint density at radius 3 is 2.52 bits per heavy atom. The largest absolute Gasteiger partial charge is 0.452 e. The Balaban J connectivity index is 1.66. The number of hydrogen-bond acceptors (Lipinski definition) is 6. The van der Waals surface area contributed by atoms with Gasteiger partial charge in [-0.3, -0.25) is 14.9 Å². The minimum absolute atomic E-state index is 0.0927. The SMILES string of the molecule is C[C@@H]1CCCN(C(=O)COC(=O)c2ccc(N3CCCCCC3)c([N+](=O)[O-])c2)C1. The van der Waals surface area contributed by atoms with Crippen molar-refractivity contribution in [1.82, 2.24) is 4.90 Å². The molecule has 2 aliphatic rings. The highest BCUT2D eigenvalue weighted by Crippen LogP contribution is 2.31. The number of carbonyl (C=O) groups is 2. The predicted molar refractivity (Wildman–Crippen MR) is 109 cm³/mol. The van der Waals surface area contributed by atoms with Gasteiger partial charge in [-0.15, -0.1) is 0 Å². The van der Waals surface area contributed by atoms with Crippen LogP contribution < -0.4 is 4.90 Å². The monoisotopic (exact) mass is 403 g/mol. The minimum Gasteiger partial charge on any atom is -0.452 e. The van der Waals surface area contributed by atoms with Crippen LogP contribution in [0, 0.1) is 16.0 Å². The molecule has 1 aromatic carbocycles. The van der Waals surface area contributed by atoms with Crippen LogP contribution >= 0.6 is 0 Å². The van der Waals surface area contributed by atoms with Crippen LogP contribution in [0.15, 0.2) is 18.2 Å². The first-order chi connectivity index (χ1) is 14.0. The average Bonchev–Trinajstić information content (AvgIpc) is 3.00. The van der Waals surface area contributed by atoms with Gasteiger partial charge in [0.25, 0.3) is 11.6 Å². The lowest BCUT2D eigenvalue weighted by molar-refractivity contribution is -0.384. The van der Waals surface area contributed by atoms with Gasteiger partial charge in [0.2, 0.25) is 0 Å². The third-order valence-corrected chi connectivity index (χ3v) is 5.69. The van der Waals surface area contributed by atoms with Crippen molar-refractivity contribution >= 4 is 23.3 Å². The molecule has 0 aliphatic carbocycles. The third-order valence-electron chi connectivity index (χ3n) is 5.69. The fourth-order valence-electron chi connectivity index (χ4n) is 4.09.